The molecule has 0 amide bonds. The molecule has 0 saturated carbocycles. The molecule has 0 spiro atoms. The molecule has 1 heterocycles. The number of hydrogen-bond acceptors (Lipinski definition) is 2. The average molecular weight is 729 g/mol. The smallest absolute Gasteiger partial charge is 0.160 e. The molecule has 2 heteroatoms. The maximum absolute atomic E-state index is 5.52. The summed E-state index contributed by atoms with van der Waals surface area (Å²) < 4.78 is 0. The molecule has 0 fully saturated rings. The number of fused-ring (bicyclic) bond motifs is 3. The van der Waals surface area contributed by atoms with Crippen LogP contribution in [0, 0.1) is 0 Å². The highest BCUT2D eigenvalue weighted by Crippen LogP contribution is 2.52. The third kappa shape index (κ3) is 6.36. The van der Waals surface area contributed by atoms with Crippen molar-refractivity contribution in [3.8, 4) is 89.5 Å². The molecule has 1 aliphatic carbocycles. The third-order valence-corrected chi connectivity index (χ3v) is 11.5. The van der Waals surface area contributed by atoms with Crippen molar-refractivity contribution in [3.63, 3.8) is 0 Å². The first-order chi connectivity index (χ1) is 28.0. The summed E-state index contributed by atoms with van der Waals surface area (Å²) in [5.41, 5.74) is 19.1. The second-order valence-electron chi connectivity index (χ2n) is 15.4. The molecule has 0 saturated heterocycles. The Morgan fingerprint density at radius 1 is 0.298 bits per heavy atom. The Kier molecular flexibility index (Phi) is 8.53. The van der Waals surface area contributed by atoms with Crippen LogP contribution in [0.5, 0.6) is 0 Å². The highest BCUT2D eigenvalue weighted by molar-refractivity contribution is 5.93. The van der Waals surface area contributed by atoms with Crippen LogP contribution in [0.4, 0.5) is 0 Å². The van der Waals surface area contributed by atoms with Gasteiger partial charge in [0, 0.05) is 22.1 Å². The number of nitrogens with zero attached hydrogens (tertiary/aromatic N) is 2. The number of aromatic nitrogens is 2. The van der Waals surface area contributed by atoms with Gasteiger partial charge in [-0.3, -0.25) is 0 Å². The molecule has 0 atom stereocenters. The molecule has 1 aromatic heterocycles. The van der Waals surface area contributed by atoms with Gasteiger partial charge in [-0.1, -0.05) is 178 Å². The Bertz CT molecular complexity index is 2640. The van der Waals surface area contributed by atoms with Crippen LogP contribution in [0.25, 0.3) is 89.5 Å². The van der Waals surface area contributed by atoms with Gasteiger partial charge in [0.05, 0.1) is 11.4 Å². The molecule has 1 aliphatic rings. The van der Waals surface area contributed by atoms with E-state index in [4.69, 9.17) is 9.97 Å². The molecule has 0 radical (unpaired) electrons. The fraction of sp³-hybridized carbons (Fsp3) is 0.0545. The van der Waals surface area contributed by atoms with E-state index in [1.807, 2.05) is 0 Å². The first-order valence-corrected chi connectivity index (χ1v) is 19.6. The monoisotopic (exact) mass is 728 g/mol. The van der Waals surface area contributed by atoms with Gasteiger partial charge < -0.3 is 0 Å². The van der Waals surface area contributed by atoms with Gasteiger partial charge in [0.25, 0.3) is 0 Å². The fourth-order valence-corrected chi connectivity index (χ4v) is 8.55. The van der Waals surface area contributed by atoms with Crippen LogP contribution in [-0.4, -0.2) is 9.97 Å². The second-order valence-corrected chi connectivity index (χ2v) is 15.4. The molecule has 0 bridgehead atoms. The standard InChI is InChI=1S/C55H40N2/c1-55(2)49-28-16-15-26-47(49)53-48(27-17-29-50(53)55)52-36-51(45-32-41(37-18-7-3-8-19-37)30-42(33-45)38-20-9-4-10-21-38)56-54(57-52)46-34-43(39-22-11-5-12-23-39)31-44(35-46)40-24-13-6-14-25-40/h3-36H,1-2H3. The van der Waals surface area contributed by atoms with Crippen molar-refractivity contribution in [2.24, 2.45) is 0 Å². The van der Waals surface area contributed by atoms with E-state index in [9.17, 15) is 0 Å². The van der Waals surface area contributed by atoms with Crippen LogP contribution < -0.4 is 0 Å². The minimum atomic E-state index is -0.135. The number of hydrogen-bond donors (Lipinski definition) is 0. The van der Waals surface area contributed by atoms with Crippen LogP contribution in [-0.2, 0) is 5.41 Å². The van der Waals surface area contributed by atoms with Crippen LogP contribution in [0.3, 0.4) is 0 Å². The van der Waals surface area contributed by atoms with Crippen molar-refractivity contribution in [1.82, 2.24) is 9.97 Å². The predicted octanol–water partition coefficient (Wildman–Crippen LogP) is 14.5. The molecule has 9 aromatic rings. The lowest BCUT2D eigenvalue weighted by Crippen LogP contribution is -2.14. The molecular formula is C55H40N2. The normalized spacial score (nSPS) is 12.5. The zero-order valence-electron chi connectivity index (χ0n) is 32.0. The summed E-state index contributed by atoms with van der Waals surface area (Å²) in [6, 6.07) is 73.8. The third-order valence-electron chi connectivity index (χ3n) is 11.5. The van der Waals surface area contributed by atoms with Crippen molar-refractivity contribution >= 4 is 0 Å². The lowest BCUT2D eigenvalue weighted by Gasteiger charge is -2.21. The van der Waals surface area contributed by atoms with Gasteiger partial charge in [-0.25, -0.2) is 9.97 Å². The van der Waals surface area contributed by atoms with E-state index in [1.54, 1.807) is 0 Å². The van der Waals surface area contributed by atoms with Crippen LogP contribution in [0.15, 0.2) is 206 Å². The highest BCUT2D eigenvalue weighted by Gasteiger charge is 2.36. The number of benzene rings is 8. The quantitative estimate of drug-likeness (QED) is 0.163. The first kappa shape index (κ1) is 34.3. The minimum Gasteiger partial charge on any atom is -0.228 e. The van der Waals surface area contributed by atoms with Gasteiger partial charge in [-0.15, -0.1) is 0 Å². The SMILES string of the molecule is CC1(C)c2ccccc2-c2c(-c3cc(-c4cc(-c5ccccc5)cc(-c5ccccc5)c4)nc(-c4cc(-c5ccccc5)cc(-c5ccccc5)c4)n3)cccc21. The van der Waals surface area contributed by atoms with Crippen LogP contribution in [0.2, 0.25) is 0 Å². The number of rotatable bonds is 7. The average Bonchev–Trinajstić information content (AvgIpc) is 3.53. The molecule has 2 nitrogen and oxygen atoms in total. The van der Waals surface area contributed by atoms with E-state index < -0.39 is 0 Å². The molecule has 0 N–H and O–H groups in total. The lowest BCUT2D eigenvalue weighted by molar-refractivity contribution is 0.660. The molecule has 8 aromatic carbocycles. The summed E-state index contributed by atoms with van der Waals surface area (Å²) in [4.78, 5) is 11.0. The van der Waals surface area contributed by atoms with Crippen molar-refractivity contribution in [3.05, 3.63) is 217 Å². The summed E-state index contributed by atoms with van der Waals surface area (Å²) in [6.45, 7) is 4.66. The Morgan fingerprint density at radius 2 is 0.684 bits per heavy atom. The Morgan fingerprint density at radius 3 is 1.19 bits per heavy atom. The maximum Gasteiger partial charge on any atom is 0.160 e. The molecule has 0 unspecified atom stereocenters. The van der Waals surface area contributed by atoms with E-state index in [0.717, 1.165) is 72.6 Å². The summed E-state index contributed by atoms with van der Waals surface area (Å²) >= 11 is 0. The van der Waals surface area contributed by atoms with Gasteiger partial charge in [0.2, 0.25) is 0 Å². The summed E-state index contributed by atoms with van der Waals surface area (Å²) in [6.07, 6.45) is 0. The van der Waals surface area contributed by atoms with E-state index >= 15 is 0 Å². The Hall–Kier alpha value is -7.16. The van der Waals surface area contributed by atoms with E-state index in [2.05, 4.69) is 220 Å². The second kappa shape index (κ2) is 14.2. The van der Waals surface area contributed by atoms with Crippen molar-refractivity contribution in [2.45, 2.75) is 19.3 Å². The maximum atomic E-state index is 5.52. The highest BCUT2D eigenvalue weighted by atomic mass is 14.9. The first-order valence-electron chi connectivity index (χ1n) is 19.6. The van der Waals surface area contributed by atoms with Crippen LogP contribution >= 0.6 is 0 Å². The summed E-state index contributed by atoms with van der Waals surface area (Å²) in [5, 5.41) is 0. The van der Waals surface area contributed by atoms with Gasteiger partial charge in [0.15, 0.2) is 5.82 Å². The van der Waals surface area contributed by atoms with E-state index in [-0.39, 0.29) is 5.41 Å². The van der Waals surface area contributed by atoms with Crippen molar-refractivity contribution < 1.29 is 0 Å². The zero-order chi connectivity index (χ0) is 38.3. The predicted molar refractivity (Wildman–Crippen MR) is 238 cm³/mol. The van der Waals surface area contributed by atoms with Gasteiger partial charge in [0.1, 0.15) is 0 Å². The largest absolute Gasteiger partial charge is 0.228 e. The minimum absolute atomic E-state index is 0.135. The Balaban J connectivity index is 1.25. The summed E-state index contributed by atoms with van der Waals surface area (Å²) in [7, 11) is 0. The molecule has 270 valence electrons. The van der Waals surface area contributed by atoms with Gasteiger partial charge in [-0.2, -0.15) is 0 Å². The zero-order valence-corrected chi connectivity index (χ0v) is 32.0. The van der Waals surface area contributed by atoms with Gasteiger partial charge in [-0.05, 0) is 109 Å². The van der Waals surface area contributed by atoms with E-state index in [0.29, 0.717) is 5.82 Å². The fourth-order valence-electron chi connectivity index (χ4n) is 8.55. The van der Waals surface area contributed by atoms with Crippen LogP contribution in [0.1, 0.15) is 25.0 Å². The van der Waals surface area contributed by atoms with E-state index in [1.165, 1.54) is 22.3 Å². The molecule has 0 aliphatic heterocycles. The molecule has 10 rings (SSSR count). The lowest BCUT2D eigenvalue weighted by atomic mass is 9.82. The topological polar surface area (TPSA) is 25.8 Å². The van der Waals surface area contributed by atoms with Gasteiger partial charge >= 0.3 is 0 Å². The molecule has 57 heavy (non-hydrogen) atoms. The summed E-state index contributed by atoms with van der Waals surface area (Å²) in [5.74, 6) is 0.687. The van der Waals surface area contributed by atoms with Crippen molar-refractivity contribution in [2.75, 3.05) is 0 Å². The Labute approximate surface area is 334 Å². The van der Waals surface area contributed by atoms with Crippen molar-refractivity contribution in [1.29, 1.82) is 0 Å². The molecular weight excluding hydrogens is 689 g/mol.